The molecule has 1 aliphatic rings. The van der Waals surface area contributed by atoms with E-state index in [1.165, 1.54) is 19.3 Å². The predicted octanol–water partition coefficient (Wildman–Crippen LogP) is 0.853. The largest absolute Gasteiger partial charge is 0.396 e. The molecule has 17 heavy (non-hydrogen) atoms. The molecule has 2 atom stereocenters. The average Bonchev–Trinajstić information content (AvgIpc) is 2.75. The maximum atomic E-state index is 11.3. The Labute approximate surface area is 104 Å². The van der Waals surface area contributed by atoms with Crippen LogP contribution in [0, 0.1) is 11.8 Å². The van der Waals surface area contributed by atoms with E-state index in [0.717, 1.165) is 19.5 Å². The first kappa shape index (κ1) is 14.5. The summed E-state index contributed by atoms with van der Waals surface area (Å²) in [5.41, 5.74) is 0. The fourth-order valence-corrected chi connectivity index (χ4v) is 2.50. The molecule has 0 bridgehead atoms. The Morgan fingerprint density at radius 3 is 2.71 bits per heavy atom. The highest BCUT2D eigenvalue weighted by Gasteiger charge is 2.25. The normalized spacial score (nSPS) is 23.9. The van der Waals surface area contributed by atoms with E-state index in [1.54, 1.807) is 19.0 Å². The second-order valence-electron chi connectivity index (χ2n) is 5.23. The van der Waals surface area contributed by atoms with E-state index in [1.807, 2.05) is 0 Å². The van der Waals surface area contributed by atoms with Gasteiger partial charge in [-0.3, -0.25) is 4.79 Å². The summed E-state index contributed by atoms with van der Waals surface area (Å²) < 4.78 is 0. The Bertz CT molecular complexity index is 231. The fourth-order valence-electron chi connectivity index (χ4n) is 2.50. The van der Waals surface area contributed by atoms with Crippen LogP contribution in [0.5, 0.6) is 0 Å². The predicted molar refractivity (Wildman–Crippen MR) is 68.7 cm³/mol. The van der Waals surface area contributed by atoms with Crippen LogP contribution in [0.25, 0.3) is 0 Å². The zero-order chi connectivity index (χ0) is 12.7. The van der Waals surface area contributed by atoms with Crippen molar-refractivity contribution in [2.75, 3.05) is 33.8 Å². The molecule has 4 nitrogen and oxygen atoms in total. The summed E-state index contributed by atoms with van der Waals surface area (Å²) in [6, 6.07) is 0. The van der Waals surface area contributed by atoms with E-state index in [2.05, 4.69) is 5.32 Å². The SMILES string of the molecule is CN(C)C(=O)CCCNCC1CCCC1CO. The Morgan fingerprint density at radius 1 is 1.35 bits per heavy atom. The second-order valence-corrected chi connectivity index (χ2v) is 5.23. The molecule has 100 valence electrons. The number of aliphatic hydroxyl groups is 1. The Kier molecular flexibility index (Phi) is 6.52. The standard InChI is InChI=1S/C13H26N2O2/c1-15(2)13(17)7-4-8-14-9-11-5-3-6-12(11)10-16/h11-12,14,16H,3-10H2,1-2H3. The van der Waals surface area contributed by atoms with Gasteiger partial charge < -0.3 is 15.3 Å². The van der Waals surface area contributed by atoms with Gasteiger partial charge >= 0.3 is 0 Å². The number of hydrogen-bond acceptors (Lipinski definition) is 3. The third-order valence-electron chi connectivity index (χ3n) is 3.70. The zero-order valence-electron chi connectivity index (χ0n) is 11.1. The summed E-state index contributed by atoms with van der Waals surface area (Å²) in [6.45, 7) is 2.21. The highest BCUT2D eigenvalue weighted by Crippen LogP contribution is 2.30. The van der Waals surface area contributed by atoms with Crippen molar-refractivity contribution in [3.8, 4) is 0 Å². The molecule has 1 amide bonds. The molecule has 0 spiro atoms. The van der Waals surface area contributed by atoms with E-state index in [-0.39, 0.29) is 5.91 Å². The molecule has 0 radical (unpaired) electrons. The van der Waals surface area contributed by atoms with Gasteiger partial charge in [0.25, 0.3) is 0 Å². The molecule has 0 aromatic rings. The van der Waals surface area contributed by atoms with Crippen LogP contribution >= 0.6 is 0 Å². The molecule has 2 unspecified atom stereocenters. The molecule has 2 N–H and O–H groups in total. The topological polar surface area (TPSA) is 52.6 Å². The number of hydrogen-bond donors (Lipinski definition) is 2. The zero-order valence-corrected chi connectivity index (χ0v) is 11.1. The Balaban J connectivity index is 2.02. The van der Waals surface area contributed by atoms with Crippen molar-refractivity contribution < 1.29 is 9.90 Å². The van der Waals surface area contributed by atoms with Crippen molar-refractivity contribution in [1.29, 1.82) is 0 Å². The van der Waals surface area contributed by atoms with Crippen LogP contribution in [-0.2, 0) is 4.79 Å². The Hall–Kier alpha value is -0.610. The molecule has 1 fully saturated rings. The number of amides is 1. The number of nitrogens with zero attached hydrogens (tertiary/aromatic N) is 1. The van der Waals surface area contributed by atoms with Gasteiger partial charge in [-0.15, -0.1) is 0 Å². The summed E-state index contributed by atoms with van der Waals surface area (Å²) in [6.07, 6.45) is 5.16. The Morgan fingerprint density at radius 2 is 2.06 bits per heavy atom. The minimum Gasteiger partial charge on any atom is -0.396 e. The highest BCUT2D eigenvalue weighted by atomic mass is 16.3. The van der Waals surface area contributed by atoms with Crippen LogP contribution in [0.4, 0.5) is 0 Å². The summed E-state index contributed by atoms with van der Waals surface area (Å²) in [5.74, 6) is 1.32. The van der Waals surface area contributed by atoms with Crippen LogP contribution in [-0.4, -0.2) is 49.7 Å². The van der Waals surface area contributed by atoms with E-state index in [0.29, 0.717) is 24.9 Å². The van der Waals surface area contributed by atoms with Crippen LogP contribution < -0.4 is 5.32 Å². The molecule has 0 aliphatic heterocycles. The number of carbonyl (C=O) groups is 1. The smallest absolute Gasteiger partial charge is 0.222 e. The van der Waals surface area contributed by atoms with Gasteiger partial charge in [0.2, 0.25) is 5.91 Å². The molecule has 0 saturated heterocycles. The molecular weight excluding hydrogens is 216 g/mol. The van der Waals surface area contributed by atoms with Gasteiger partial charge in [-0.2, -0.15) is 0 Å². The van der Waals surface area contributed by atoms with Crippen molar-refractivity contribution in [2.24, 2.45) is 11.8 Å². The van der Waals surface area contributed by atoms with Gasteiger partial charge in [0, 0.05) is 27.1 Å². The summed E-state index contributed by atoms with van der Waals surface area (Å²) in [5, 5.41) is 12.6. The van der Waals surface area contributed by atoms with Gasteiger partial charge in [-0.1, -0.05) is 6.42 Å². The third kappa shape index (κ3) is 5.04. The molecule has 4 heteroatoms. The first-order valence-corrected chi connectivity index (χ1v) is 6.67. The lowest BCUT2D eigenvalue weighted by atomic mass is 9.97. The van der Waals surface area contributed by atoms with Gasteiger partial charge in [0.05, 0.1) is 0 Å². The number of rotatable bonds is 7. The maximum Gasteiger partial charge on any atom is 0.222 e. The van der Waals surface area contributed by atoms with Gasteiger partial charge in [-0.05, 0) is 44.2 Å². The lowest BCUT2D eigenvalue weighted by Crippen LogP contribution is -2.28. The summed E-state index contributed by atoms with van der Waals surface area (Å²) in [4.78, 5) is 13.0. The minimum atomic E-state index is 0.195. The molecule has 1 aliphatic carbocycles. The molecule has 1 rings (SSSR count). The monoisotopic (exact) mass is 242 g/mol. The van der Waals surface area contributed by atoms with Crippen LogP contribution in [0.3, 0.4) is 0 Å². The van der Waals surface area contributed by atoms with E-state index in [4.69, 9.17) is 0 Å². The molecule has 0 aromatic carbocycles. The molecule has 0 heterocycles. The van der Waals surface area contributed by atoms with Crippen molar-refractivity contribution >= 4 is 5.91 Å². The van der Waals surface area contributed by atoms with Crippen molar-refractivity contribution in [2.45, 2.75) is 32.1 Å². The first-order valence-electron chi connectivity index (χ1n) is 6.67. The quantitative estimate of drug-likeness (QED) is 0.651. The second kappa shape index (κ2) is 7.67. The van der Waals surface area contributed by atoms with E-state index in [9.17, 15) is 9.90 Å². The maximum absolute atomic E-state index is 11.3. The number of aliphatic hydroxyl groups excluding tert-OH is 1. The highest BCUT2D eigenvalue weighted by molar-refractivity contribution is 5.75. The van der Waals surface area contributed by atoms with Gasteiger partial charge in [0.1, 0.15) is 0 Å². The molecule has 1 saturated carbocycles. The fraction of sp³-hybridized carbons (Fsp3) is 0.923. The molecule has 0 aromatic heterocycles. The first-order chi connectivity index (χ1) is 8.15. The van der Waals surface area contributed by atoms with Crippen molar-refractivity contribution in [3.63, 3.8) is 0 Å². The lowest BCUT2D eigenvalue weighted by molar-refractivity contribution is -0.128. The summed E-state index contributed by atoms with van der Waals surface area (Å²) in [7, 11) is 3.58. The van der Waals surface area contributed by atoms with Crippen LogP contribution in [0.15, 0.2) is 0 Å². The third-order valence-corrected chi connectivity index (χ3v) is 3.70. The van der Waals surface area contributed by atoms with Crippen LogP contribution in [0.2, 0.25) is 0 Å². The van der Waals surface area contributed by atoms with Crippen molar-refractivity contribution in [3.05, 3.63) is 0 Å². The number of carbonyl (C=O) groups excluding carboxylic acids is 1. The summed E-state index contributed by atoms with van der Waals surface area (Å²) >= 11 is 0. The molecular formula is C13H26N2O2. The van der Waals surface area contributed by atoms with E-state index < -0.39 is 0 Å². The van der Waals surface area contributed by atoms with Crippen LogP contribution in [0.1, 0.15) is 32.1 Å². The minimum absolute atomic E-state index is 0.195. The van der Waals surface area contributed by atoms with Gasteiger partial charge in [-0.25, -0.2) is 0 Å². The van der Waals surface area contributed by atoms with E-state index >= 15 is 0 Å². The van der Waals surface area contributed by atoms with Gasteiger partial charge in [0.15, 0.2) is 0 Å². The average molecular weight is 242 g/mol. The van der Waals surface area contributed by atoms with Crippen molar-refractivity contribution in [1.82, 2.24) is 10.2 Å². The number of nitrogens with one attached hydrogen (secondary N) is 1. The lowest BCUT2D eigenvalue weighted by Gasteiger charge is -2.17.